The van der Waals surface area contributed by atoms with Crippen molar-refractivity contribution in [3.05, 3.63) is 58.2 Å². The van der Waals surface area contributed by atoms with Gasteiger partial charge in [0.05, 0.1) is 0 Å². The van der Waals surface area contributed by atoms with Crippen LogP contribution in [0.5, 0.6) is 11.5 Å². The molecule has 0 aliphatic rings. The fourth-order valence-electron chi connectivity index (χ4n) is 1.57. The van der Waals surface area contributed by atoms with Gasteiger partial charge in [-0.1, -0.05) is 0 Å². The molecule has 2 rings (SSSR count). The van der Waals surface area contributed by atoms with Crippen molar-refractivity contribution in [1.82, 2.24) is 0 Å². The molecule has 0 unspecified atom stereocenters. The third-order valence-electron chi connectivity index (χ3n) is 2.75. The van der Waals surface area contributed by atoms with Gasteiger partial charge in [-0.15, -0.1) is 0 Å². The fraction of sp³-hybridized carbons (Fsp3) is 0. The van der Waals surface area contributed by atoms with Crippen LogP contribution in [0.25, 0.3) is 0 Å². The van der Waals surface area contributed by atoms with E-state index >= 15 is 0 Å². The molecule has 0 saturated carbocycles. The number of halogens is 10. The monoisotopic (exact) mass is 378 g/mol. The average molecular weight is 378 g/mol. The van der Waals surface area contributed by atoms with Crippen LogP contribution in [-0.2, 0) is 0 Å². The molecule has 0 atom stereocenters. The first kappa shape index (κ1) is 18.7. The Morgan fingerprint density at radius 1 is 0.360 bits per heavy atom. The van der Waals surface area contributed by atoms with Gasteiger partial charge in [-0.05, 0) is 0 Å². The summed E-state index contributed by atoms with van der Waals surface area (Å²) in [6.07, 6.45) is 0. The molecule has 134 valence electrons. The largest absolute Gasteiger partial charge is 0.576 e. The first-order valence-corrected chi connectivity index (χ1v) is 5.88. The summed E-state index contributed by atoms with van der Waals surface area (Å²) in [7, 11) is -1.64. The third-order valence-corrected chi connectivity index (χ3v) is 2.75. The van der Waals surface area contributed by atoms with Gasteiger partial charge in [-0.2, -0.15) is 17.6 Å². The zero-order valence-corrected chi connectivity index (χ0v) is 11.3. The maximum atomic E-state index is 13.2. The molecule has 0 heterocycles. The van der Waals surface area contributed by atoms with Gasteiger partial charge >= 0.3 is 7.69 Å². The van der Waals surface area contributed by atoms with Gasteiger partial charge in [-0.3, -0.25) is 0 Å². The Morgan fingerprint density at radius 3 is 0.800 bits per heavy atom. The highest BCUT2D eigenvalue weighted by atomic mass is 19.2. The van der Waals surface area contributed by atoms with E-state index in [1.54, 1.807) is 0 Å². The first-order chi connectivity index (χ1) is 11.6. The topological polar surface area (TPSA) is 18.5 Å². The van der Waals surface area contributed by atoms with Crippen LogP contribution >= 0.6 is 0 Å². The number of hydrogen-bond donors (Lipinski definition) is 0. The van der Waals surface area contributed by atoms with Gasteiger partial charge in [0.2, 0.25) is 58.2 Å². The van der Waals surface area contributed by atoms with Crippen molar-refractivity contribution in [2.75, 3.05) is 0 Å². The maximum Gasteiger partial charge on any atom is 0.576 e. The van der Waals surface area contributed by atoms with Crippen LogP contribution in [0, 0.1) is 58.2 Å². The second kappa shape index (κ2) is 6.72. The van der Waals surface area contributed by atoms with Gasteiger partial charge < -0.3 is 9.31 Å². The summed E-state index contributed by atoms with van der Waals surface area (Å²) in [6.45, 7) is 0. The normalized spacial score (nSPS) is 10.8. The van der Waals surface area contributed by atoms with Crippen LogP contribution < -0.4 is 9.31 Å². The molecule has 0 saturated heterocycles. The Bertz CT molecular complexity index is 729. The van der Waals surface area contributed by atoms with Crippen molar-refractivity contribution in [1.29, 1.82) is 0 Å². The molecular formula is C12HBF10O2. The highest BCUT2D eigenvalue weighted by Gasteiger charge is 2.29. The molecule has 0 spiro atoms. The van der Waals surface area contributed by atoms with Crippen LogP contribution in [0.4, 0.5) is 43.9 Å². The van der Waals surface area contributed by atoms with E-state index in [0.29, 0.717) is 0 Å². The summed E-state index contributed by atoms with van der Waals surface area (Å²) < 4.78 is 138. The number of hydrogen-bond acceptors (Lipinski definition) is 2. The summed E-state index contributed by atoms with van der Waals surface area (Å²) >= 11 is 0. The average Bonchev–Trinajstić information content (AvgIpc) is 2.60. The fourth-order valence-corrected chi connectivity index (χ4v) is 1.57. The Labute approximate surface area is 131 Å². The van der Waals surface area contributed by atoms with Crippen LogP contribution in [0.3, 0.4) is 0 Å². The lowest BCUT2D eigenvalue weighted by atomic mass is 10.2. The summed E-state index contributed by atoms with van der Waals surface area (Å²) in [4.78, 5) is 0. The predicted octanol–water partition coefficient (Wildman–Crippen LogP) is 3.80. The van der Waals surface area contributed by atoms with E-state index in [1.165, 1.54) is 0 Å². The van der Waals surface area contributed by atoms with E-state index in [9.17, 15) is 43.9 Å². The lowest BCUT2D eigenvalue weighted by Gasteiger charge is -2.12. The van der Waals surface area contributed by atoms with Gasteiger partial charge in [0.15, 0.2) is 11.5 Å². The molecule has 13 heteroatoms. The predicted molar refractivity (Wildman–Crippen MR) is 60.9 cm³/mol. The Kier molecular flexibility index (Phi) is 5.04. The van der Waals surface area contributed by atoms with E-state index in [2.05, 4.69) is 9.31 Å². The molecule has 0 bridgehead atoms. The number of benzene rings is 2. The molecule has 0 amide bonds. The Hall–Kier alpha value is -2.60. The summed E-state index contributed by atoms with van der Waals surface area (Å²) in [5.41, 5.74) is 0. The van der Waals surface area contributed by atoms with Crippen LogP contribution in [0.2, 0.25) is 0 Å². The van der Waals surface area contributed by atoms with Crippen molar-refractivity contribution >= 4 is 7.69 Å². The molecule has 0 aliphatic carbocycles. The number of rotatable bonds is 4. The lowest BCUT2D eigenvalue weighted by molar-refractivity contribution is 0.323. The van der Waals surface area contributed by atoms with E-state index in [1.807, 2.05) is 0 Å². The summed E-state index contributed by atoms with van der Waals surface area (Å²) in [5.74, 6) is -28.0. The zero-order valence-electron chi connectivity index (χ0n) is 11.3. The van der Waals surface area contributed by atoms with Crippen molar-refractivity contribution < 1.29 is 53.2 Å². The molecule has 2 aromatic carbocycles. The van der Waals surface area contributed by atoms with Gasteiger partial charge in [0.25, 0.3) is 0 Å². The Balaban J connectivity index is 2.29. The van der Waals surface area contributed by atoms with Crippen LogP contribution in [0.15, 0.2) is 0 Å². The standard InChI is InChI=1S/C12HBF10O2/c14-1-3(16)7(20)11(8(21)4(1)17)24-13-25-12-9(22)5(18)2(15)6(19)10(12)23/h13H. The van der Waals surface area contributed by atoms with E-state index < -0.39 is 77.4 Å². The maximum absolute atomic E-state index is 13.2. The molecule has 0 radical (unpaired) electrons. The first-order valence-electron chi connectivity index (χ1n) is 5.88. The van der Waals surface area contributed by atoms with Gasteiger partial charge in [-0.25, -0.2) is 26.3 Å². The lowest BCUT2D eigenvalue weighted by Crippen LogP contribution is -2.17. The summed E-state index contributed by atoms with van der Waals surface area (Å²) in [6, 6.07) is 0. The zero-order chi connectivity index (χ0) is 19.0. The highest BCUT2D eigenvalue weighted by Crippen LogP contribution is 2.31. The Morgan fingerprint density at radius 2 is 0.560 bits per heavy atom. The minimum atomic E-state index is -2.50. The molecular weight excluding hydrogens is 377 g/mol. The van der Waals surface area contributed by atoms with Gasteiger partial charge in [0.1, 0.15) is 0 Å². The quantitative estimate of drug-likeness (QED) is 0.349. The minimum absolute atomic E-state index is 1.64. The van der Waals surface area contributed by atoms with Crippen molar-refractivity contribution in [3.8, 4) is 11.5 Å². The third kappa shape index (κ3) is 3.05. The molecule has 0 aliphatic heterocycles. The molecule has 0 aromatic heterocycles. The van der Waals surface area contributed by atoms with Crippen LogP contribution in [-0.4, -0.2) is 7.69 Å². The molecule has 2 nitrogen and oxygen atoms in total. The van der Waals surface area contributed by atoms with Crippen LogP contribution in [0.1, 0.15) is 0 Å². The molecule has 25 heavy (non-hydrogen) atoms. The van der Waals surface area contributed by atoms with E-state index in [-0.39, 0.29) is 0 Å². The second-order valence-electron chi connectivity index (χ2n) is 4.20. The molecule has 2 aromatic rings. The van der Waals surface area contributed by atoms with E-state index in [4.69, 9.17) is 0 Å². The summed E-state index contributed by atoms with van der Waals surface area (Å²) in [5, 5.41) is 0. The second-order valence-corrected chi connectivity index (χ2v) is 4.20. The molecule has 0 fully saturated rings. The van der Waals surface area contributed by atoms with Crippen molar-refractivity contribution in [3.63, 3.8) is 0 Å². The van der Waals surface area contributed by atoms with Gasteiger partial charge in [0, 0.05) is 0 Å². The highest BCUT2D eigenvalue weighted by molar-refractivity contribution is 6.20. The smallest absolute Gasteiger partial charge is 0.524 e. The van der Waals surface area contributed by atoms with Crippen molar-refractivity contribution in [2.45, 2.75) is 0 Å². The van der Waals surface area contributed by atoms with E-state index in [0.717, 1.165) is 0 Å². The minimum Gasteiger partial charge on any atom is -0.524 e. The SMILES string of the molecule is Fc1c(F)c(F)c(OBOc2c(F)c(F)c(F)c(F)c2F)c(F)c1F. The molecule has 0 N–H and O–H groups in total. The van der Waals surface area contributed by atoms with Crippen molar-refractivity contribution in [2.24, 2.45) is 0 Å².